The maximum atomic E-state index is 12.4. The Morgan fingerprint density at radius 3 is 2.72 bits per heavy atom. The van der Waals surface area contributed by atoms with Gasteiger partial charge in [0.15, 0.2) is 11.5 Å². The van der Waals surface area contributed by atoms with Gasteiger partial charge in [0.2, 0.25) is 0 Å². The van der Waals surface area contributed by atoms with Crippen molar-refractivity contribution in [1.29, 1.82) is 5.26 Å². The fourth-order valence-corrected chi connectivity index (χ4v) is 3.19. The number of ether oxygens (including phenoxy) is 2. The Hall–Kier alpha value is -2.26. The molecule has 0 radical (unpaired) electrons. The van der Waals surface area contributed by atoms with Crippen LogP contribution in [-0.4, -0.2) is 37.1 Å². The van der Waals surface area contributed by atoms with Crippen molar-refractivity contribution in [3.05, 3.63) is 40.4 Å². The zero-order chi connectivity index (χ0) is 18.2. The monoisotopic (exact) mass is 404 g/mol. The predicted octanol–water partition coefficient (Wildman–Crippen LogP) is 3.94. The Bertz CT molecular complexity index is 716. The fourth-order valence-electron chi connectivity index (χ4n) is 2.62. The molecule has 1 amide bonds. The van der Waals surface area contributed by atoms with Gasteiger partial charge in [0, 0.05) is 13.1 Å². The summed E-state index contributed by atoms with van der Waals surface area (Å²) in [6.07, 6.45) is 5.21. The number of carbonyl (C=O) groups excluding carboxylic acids is 1. The standard InChI is InChI=1S/C19H21BrN2O3/c1-3-9-25-18-16(20)11-14(12-17(18)24-4-2)10-15(13-21)19(23)22-7-5-6-8-22/h3,10-12H,1,4-9H2,2H3/b15-10+. The molecule has 0 atom stereocenters. The number of hydrogen-bond donors (Lipinski definition) is 0. The van der Waals surface area contributed by atoms with E-state index in [1.807, 2.05) is 13.0 Å². The summed E-state index contributed by atoms with van der Waals surface area (Å²) in [6.45, 7) is 7.76. The van der Waals surface area contributed by atoms with E-state index in [9.17, 15) is 10.1 Å². The normalized spacial score (nSPS) is 14.1. The third-order valence-corrected chi connectivity index (χ3v) is 4.32. The minimum atomic E-state index is -0.221. The van der Waals surface area contributed by atoms with Gasteiger partial charge in [-0.25, -0.2) is 0 Å². The maximum Gasteiger partial charge on any atom is 0.264 e. The van der Waals surface area contributed by atoms with E-state index in [0.29, 0.717) is 47.8 Å². The zero-order valence-electron chi connectivity index (χ0n) is 14.3. The second-order valence-electron chi connectivity index (χ2n) is 5.53. The molecule has 0 N–H and O–H groups in total. The van der Waals surface area contributed by atoms with Gasteiger partial charge in [0.05, 0.1) is 11.1 Å². The van der Waals surface area contributed by atoms with Crippen LogP contribution in [0.15, 0.2) is 34.8 Å². The van der Waals surface area contributed by atoms with Crippen LogP contribution in [-0.2, 0) is 4.79 Å². The van der Waals surface area contributed by atoms with Gasteiger partial charge in [-0.15, -0.1) is 0 Å². The first-order valence-electron chi connectivity index (χ1n) is 8.21. The van der Waals surface area contributed by atoms with Crippen LogP contribution in [0.5, 0.6) is 11.5 Å². The molecule has 0 spiro atoms. The van der Waals surface area contributed by atoms with E-state index in [1.165, 1.54) is 0 Å². The third-order valence-electron chi connectivity index (χ3n) is 3.73. The lowest BCUT2D eigenvalue weighted by Crippen LogP contribution is -2.28. The van der Waals surface area contributed by atoms with Crippen molar-refractivity contribution in [2.75, 3.05) is 26.3 Å². The quantitative estimate of drug-likeness (QED) is 0.392. The Balaban J connectivity index is 2.35. The van der Waals surface area contributed by atoms with E-state index < -0.39 is 0 Å². The number of nitriles is 1. The predicted molar refractivity (Wildman–Crippen MR) is 100 cm³/mol. The molecule has 25 heavy (non-hydrogen) atoms. The van der Waals surface area contributed by atoms with Crippen LogP contribution < -0.4 is 9.47 Å². The van der Waals surface area contributed by atoms with Crippen LogP contribution in [0.25, 0.3) is 6.08 Å². The van der Waals surface area contributed by atoms with Crippen LogP contribution in [0.1, 0.15) is 25.3 Å². The van der Waals surface area contributed by atoms with E-state index in [-0.39, 0.29) is 11.5 Å². The molecule has 1 aliphatic heterocycles. The third kappa shape index (κ3) is 4.86. The Morgan fingerprint density at radius 1 is 1.40 bits per heavy atom. The van der Waals surface area contributed by atoms with E-state index >= 15 is 0 Å². The number of carbonyl (C=O) groups is 1. The number of amides is 1. The van der Waals surface area contributed by atoms with Gasteiger partial charge in [0.25, 0.3) is 5.91 Å². The highest BCUT2D eigenvalue weighted by molar-refractivity contribution is 9.10. The lowest BCUT2D eigenvalue weighted by atomic mass is 10.1. The van der Waals surface area contributed by atoms with E-state index in [4.69, 9.17) is 9.47 Å². The highest BCUT2D eigenvalue weighted by Gasteiger charge is 2.22. The summed E-state index contributed by atoms with van der Waals surface area (Å²) in [5.74, 6) is 0.903. The van der Waals surface area contributed by atoms with Gasteiger partial charge in [-0.05, 0) is 59.5 Å². The van der Waals surface area contributed by atoms with Crippen LogP contribution in [0.4, 0.5) is 0 Å². The van der Waals surface area contributed by atoms with Crippen molar-refractivity contribution < 1.29 is 14.3 Å². The highest BCUT2D eigenvalue weighted by atomic mass is 79.9. The first-order valence-corrected chi connectivity index (χ1v) is 9.01. The summed E-state index contributed by atoms with van der Waals surface area (Å²) in [7, 11) is 0. The molecule has 0 aromatic heterocycles. The minimum Gasteiger partial charge on any atom is -0.490 e. The molecule has 1 saturated heterocycles. The molecule has 2 rings (SSSR count). The highest BCUT2D eigenvalue weighted by Crippen LogP contribution is 2.37. The molecule has 0 bridgehead atoms. The van der Waals surface area contributed by atoms with Crippen LogP contribution in [0.2, 0.25) is 0 Å². The molecule has 0 saturated carbocycles. The second-order valence-corrected chi connectivity index (χ2v) is 6.39. The van der Waals surface area contributed by atoms with Crippen molar-refractivity contribution in [2.24, 2.45) is 0 Å². The van der Waals surface area contributed by atoms with E-state index in [0.717, 1.165) is 12.8 Å². The van der Waals surface area contributed by atoms with Gasteiger partial charge >= 0.3 is 0 Å². The van der Waals surface area contributed by atoms with Crippen molar-refractivity contribution in [3.63, 3.8) is 0 Å². The van der Waals surface area contributed by atoms with Crippen molar-refractivity contribution in [1.82, 2.24) is 4.90 Å². The Kier molecular flexibility index (Phi) is 7.08. The van der Waals surface area contributed by atoms with E-state index in [1.54, 1.807) is 29.2 Å². The lowest BCUT2D eigenvalue weighted by Gasteiger charge is -2.15. The average Bonchev–Trinajstić information content (AvgIpc) is 3.13. The summed E-state index contributed by atoms with van der Waals surface area (Å²) >= 11 is 3.47. The topological polar surface area (TPSA) is 62.6 Å². The van der Waals surface area contributed by atoms with Gasteiger partial charge in [-0.1, -0.05) is 12.7 Å². The summed E-state index contributed by atoms with van der Waals surface area (Å²) in [4.78, 5) is 14.2. The number of benzene rings is 1. The molecule has 1 heterocycles. The number of halogens is 1. The van der Waals surface area contributed by atoms with Crippen LogP contribution >= 0.6 is 15.9 Å². The molecule has 0 aliphatic carbocycles. The van der Waals surface area contributed by atoms with Gasteiger partial charge in [-0.2, -0.15) is 5.26 Å². The summed E-state index contributed by atoms with van der Waals surface area (Å²) in [5.41, 5.74) is 0.821. The first-order chi connectivity index (χ1) is 12.1. The van der Waals surface area contributed by atoms with Gasteiger partial charge < -0.3 is 14.4 Å². The first kappa shape index (κ1) is 19.1. The molecule has 1 aliphatic rings. The Morgan fingerprint density at radius 2 is 2.12 bits per heavy atom. The zero-order valence-corrected chi connectivity index (χ0v) is 15.8. The molecule has 132 valence electrons. The van der Waals surface area contributed by atoms with Crippen LogP contribution in [0, 0.1) is 11.3 Å². The van der Waals surface area contributed by atoms with Crippen molar-refractivity contribution in [3.8, 4) is 17.6 Å². The number of nitrogens with zero attached hydrogens (tertiary/aromatic N) is 2. The molecule has 0 unspecified atom stereocenters. The number of likely N-dealkylation sites (tertiary alicyclic amines) is 1. The Labute approximate surface area is 156 Å². The largest absolute Gasteiger partial charge is 0.490 e. The SMILES string of the molecule is C=CCOc1c(Br)cc(/C=C(\C#N)C(=O)N2CCCC2)cc1OCC. The molecule has 1 fully saturated rings. The lowest BCUT2D eigenvalue weighted by molar-refractivity contribution is -0.125. The van der Waals surface area contributed by atoms with E-state index in [2.05, 4.69) is 22.5 Å². The van der Waals surface area contributed by atoms with Crippen molar-refractivity contribution >= 4 is 27.9 Å². The summed E-state index contributed by atoms with van der Waals surface area (Å²) < 4.78 is 12.0. The van der Waals surface area contributed by atoms with Crippen LogP contribution in [0.3, 0.4) is 0 Å². The average molecular weight is 405 g/mol. The van der Waals surface area contributed by atoms with Gasteiger partial charge in [0.1, 0.15) is 18.2 Å². The molecular formula is C19H21BrN2O3. The minimum absolute atomic E-state index is 0.121. The van der Waals surface area contributed by atoms with Crippen molar-refractivity contribution in [2.45, 2.75) is 19.8 Å². The molecule has 5 nitrogen and oxygen atoms in total. The molecular weight excluding hydrogens is 384 g/mol. The molecule has 6 heteroatoms. The maximum absolute atomic E-state index is 12.4. The fraction of sp³-hybridized carbons (Fsp3) is 0.368. The number of hydrogen-bond acceptors (Lipinski definition) is 4. The molecule has 1 aromatic rings. The van der Waals surface area contributed by atoms with Gasteiger partial charge in [-0.3, -0.25) is 4.79 Å². The summed E-state index contributed by atoms with van der Waals surface area (Å²) in [6, 6.07) is 5.58. The second kappa shape index (κ2) is 9.28. The molecule has 1 aromatic carbocycles. The summed E-state index contributed by atoms with van der Waals surface area (Å²) in [5, 5.41) is 9.39. The number of rotatable bonds is 7. The smallest absolute Gasteiger partial charge is 0.264 e.